The van der Waals surface area contributed by atoms with Gasteiger partial charge in [-0.25, -0.2) is 0 Å². The van der Waals surface area contributed by atoms with E-state index in [0.29, 0.717) is 0 Å². The Hall–Kier alpha value is -0.740. The van der Waals surface area contributed by atoms with Crippen LogP contribution >= 0.6 is 0 Å². The van der Waals surface area contributed by atoms with E-state index in [1.807, 2.05) is 19.9 Å². The average Bonchev–Trinajstić information content (AvgIpc) is 2.01. The van der Waals surface area contributed by atoms with Crippen LogP contribution in [0.4, 0.5) is 0 Å². The first kappa shape index (κ1) is 11.3. The predicted octanol–water partition coefficient (Wildman–Crippen LogP) is 2.51. The van der Waals surface area contributed by atoms with Crippen LogP contribution in [0.3, 0.4) is 0 Å². The van der Waals surface area contributed by atoms with Crippen LogP contribution in [0.1, 0.15) is 39.5 Å². The van der Waals surface area contributed by atoms with Crippen molar-refractivity contribution >= 4 is 0 Å². The Balaban J connectivity index is 3.67. The summed E-state index contributed by atoms with van der Waals surface area (Å²) in [6.45, 7) is 7.29. The van der Waals surface area contributed by atoms with E-state index < -0.39 is 5.60 Å². The molecule has 1 atom stereocenters. The number of hydrogen-bond donors (Lipinski definition) is 1. The molecule has 1 nitrogen and oxygen atoms in total. The molecule has 12 heavy (non-hydrogen) atoms. The van der Waals surface area contributed by atoms with Crippen LogP contribution in [0, 0.1) is 11.8 Å². The summed E-state index contributed by atoms with van der Waals surface area (Å²) >= 11 is 0. The molecule has 0 rings (SSSR count). The lowest BCUT2D eigenvalue weighted by molar-refractivity contribution is 0.0445. The summed E-state index contributed by atoms with van der Waals surface area (Å²) in [7, 11) is 0. The first-order chi connectivity index (χ1) is 5.62. The van der Waals surface area contributed by atoms with Crippen molar-refractivity contribution in [1.82, 2.24) is 0 Å². The molecular weight excluding hydrogens is 148 g/mol. The van der Waals surface area contributed by atoms with E-state index >= 15 is 0 Å². The summed E-state index contributed by atoms with van der Waals surface area (Å²) in [5, 5.41) is 9.76. The number of rotatable bonds is 5. The van der Waals surface area contributed by atoms with Crippen LogP contribution in [0.2, 0.25) is 0 Å². The average molecular weight is 166 g/mol. The van der Waals surface area contributed by atoms with Gasteiger partial charge in [-0.1, -0.05) is 6.08 Å². The molecule has 0 aliphatic heterocycles. The fourth-order valence-electron chi connectivity index (χ4n) is 0.995. The van der Waals surface area contributed by atoms with Crippen LogP contribution in [-0.2, 0) is 0 Å². The Bertz CT molecular complexity index is 181. The molecule has 0 radical (unpaired) electrons. The van der Waals surface area contributed by atoms with Crippen molar-refractivity contribution < 1.29 is 5.11 Å². The second-order valence-corrected chi connectivity index (χ2v) is 3.25. The van der Waals surface area contributed by atoms with Crippen molar-refractivity contribution in [2.75, 3.05) is 0 Å². The lowest BCUT2D eigenvalue weighted by Crippen LogP contribution is -2.23. The van der Waals surface area contributed by atoms with Crippen LogP contribution in [0.5, 0.6) is 0 Å². The highest BCUT2D eigenvalue weighted by molar-refractivity contribution is 4.96. The lowest BCUT2D eigenvalue weighted by atomic mass is 9.95. The standard InChI is InChI=1S/C11H18O/c1-4-6-8-10-11(3,12)9-7-5-2/h5,12H,2,7-10H2,1,3H3. The maximum atomic E-state index is 9.76. The fourth-order valence-corrected chi connectivity index (χ4v) is 0.995. The molecule has 0 amide bonds. The van der Waals surface area contributed by atoms with Crippen molar-refractivity contribution in [3.8, 4) is 11.8 Å². The van der Waals surface area contributed by atoms with E-state index in [-0.39, 0.29) is 0 Å². The quantitative estimate of drug-likeness (QED) is 0.491. The Kier molecular flexibility index (Phi) is 5.49. The van der Waals surface area contributed by atoms with E-state index in [4.69, 9.17) is 0 Å². The van der Waals surface area contributed by atoms with E-state index in [0.717, 1.165) is 25.7 Å². The smallest absolute Gasteiger partial charge is 0.0631 e. The van der Waals surface area contributed by atoms with Crippen molar-refractivity contribution in [3.05, 3.63) is 12.7 Å². The molecule has 1 N–H and O–H groups in total. The minimum absolute atomic E-state index is 0.571. The molecule has 0 aliphatic carbocycles. The summed E-state index contributed by atoms with van der Waals surface area (Å²) in [5.74, 6) is 5.76. The minimum Gasteiger partial charge on any atom is -0.390 e. The predicted molar refractivity (Wildman–Crippen MR) is 52.7 cm³/mol. The van der Waals surface area contributed by atoms with Crippen molar-refractivity contribution in [2.24, 2.45) is 0 Å². The maximum Gasteiger partial charge on any atom is 0.0631 e. The van der Waals surface area contributed by atoms with Crippen LogP contribution in [-0.4, -0.2) is 10.7 Å². The molecule has 68 valence electrons. The van der Waals surface area contributed by atoms with Gasteiger partial charge in [0.1, 0.15) is 0 Å². The molecule has 0 aromatic carbocycles. The monoisotopic (exact) mass is 166 g/mol. The molecule has 0 aromatic rings. The van der Waals surface area contributed by atoms with E-state index in [1.54, 1.807) is 0 Å². The number of hydrogen-bond acceptors (Lipinski definition) is 1. The SMILES string of the molecule is C=CCCC(C)(O)CCC#CC. The van der Waals surface area contributed by atoms with Gasteiger partial charge in [0.15, 0.2) is 0 Å². The van der Waals surface area contributed by atoms with Gasteiger partial charge in [0.2, 0.25) is 0 Å². The molecule has 0 spiro atoms. The molecule has 1 unspecified atom stereocenters. The van der Waals surface area contributed by atoms with Gasteiger partial charge in [-0.15, -0.1) is 18.4 Å². The van der Waals surface area contributed by atoms with Crippen molar-refractivity contribution in [2.45, 2.75) is 45.1 Å². The molecule has 0 fully saturated rings. The van der Waals surface area contributed by atoms with Gasteiger partial charge in [-0.3, -0.25) is 0 Å². The Labute approximate surface area is 75.5 Å². The summed E-state index contributed by atoms with van der Waals surface area (Å²) in [4.78, 5) is 0. The summed E-state index contributed by atoms with van der Waals surface area (Å²) in [5.41, 5.74) is -0.571. The summed E-state index contributed by atoms with van der Waals surface area (Å²) in [6.07, 6.45) is 5.01. The molecular formula is C11H18O. The van der Waals surface area contributed by atoms with Crippen molar-refractivity contribution in [3.63, 3.8) is 0 Å². The fraction of sp³-hybridized carbons (Fsp3) is 0.636. The normalized spacial score (nSPS) is 14.2. The van der Waals surface area contributed by atoms with E-state index in [1.165, 1.54) is 0 Å². The highest BCUT2D eigenvalue weighted by atomic mass is 16.3. The second kappa shape index (κ2) is 5.85. The zero-order valence-electron chi connectivity index (χ0n) is 8.06. The third-order valence-electron chi connectivity index (χ3n) is 1.85. The molecule has 0 aromatic heterocycles. The van der Waals surface area contributed by atoms with Crippen LogP contribution in [0.25, 0.3) is 0 Å². The van der Waals surface area contributed by atoms with Crippen molar-refractivity contribution in [1.29, 1.82) is 0 Å². The van der Waals surface area contributed by atoms with Gasteiger partial charge >= 0.3 is 0 Å². The maximum absolute atomic E-state index is 9.76. The van der Waals surface area contributed by atoms with E-state index in [9.17, 15) is 5.11 Å². The Morgan fingerprint density at radius 2 is 2.17 bits per heavy atom. The highest BCUT2D eigenvalue weighted by Crippen LogP contribution is 2.18. The topological polar surface area (TPSA) is 20.2 Å². The third kappa shape index (κ3) is 6.00. The van der Waals surface area contributed by atoms with Crippen LogP contribution < -0.4 is 0 Å². The second-order valence-electron chi connectivity index (χ2n) is 3.25. The molecule has 0 heterocycles. The number of allylic oxidation sites excluding steroid dienone is 1. The molecule has 0 saturated carbocycles. The minimum atomic E-state index is -0.571. The molecule has 0 aliphatic rings. The van der Waals surface area contributed by atoms with Gasteiger partial charge < -0.3 is 5.11 Å². The third-order valence-corrected chi connectivity index (χ3v) is 1.85. The van der Waals surface area contributed by atoms with Gasteiger partial charge in [0, 0.05) is 6.42 Å². The molecule has 1 heteroatoms. The zero-order chi connectivity index (χ0) is 9.45. The Morgan fingerprint density at radius 3 is 2.67 bits per heavy atom. The zero-order valence-corrected chi connectivity index (χ0v) is 8.06. The first-order valence-electron chi connectivity index (χ1n) is 4.35. The molecule has 0 saturated heterocycles. The largest absolute Gasteiger partial charge is 0.390 e. The van der Waals surface area contributed by atoms with Crippen LogP contribution in [0.15, 0.2) is 12.7 Å². The highest BCUT2D eigenvalue weighted by Gasteiger charge is 2.17. The lowest BCUT2D eigenvalue weighted by Gasteiger charge is -2.21. The van der Waals surface area contributed by atoms with Gasteiger partial charge in [0.05, 0.1) is 5.60 Å². The van der Waals surface area contributed by atoms with Gasteiger partial charge in [-0.2, -0.15) is 0 Å². The summed E-state index contributed by atoms with van der Waals surface area (Å²) < 4.78 is 0. The van der Waals surface area contributed by atoms with Gasteiger partial charge in [0.25, 0.3) is 0 Å². The Morgan fingerprint density at radius 1 is 1.50 bits per heavy atom. The van der Waals surface area contributed by atoms with Gasteiger partial charge in [-0.05, 0) is 33.1 Å². The summed E-state index contributed by atoms with van der Waals surface area (Å²) in [6, 6.07) is 0. The molecule has 0 bridgehead atoms. The van der Waals surface area contributed by atoms with E-state index in [2.05, 4.69) is 18.4 Å². The first-order valence-corrected chi connectivity index (χ1v) is 4.35. The number of aliphatic hydroxyl groups is 1.